The molecule has 0 aliphatic heterocycles. The molecular weight excluding hydrogens is 356 g/mol. The molecule has 0 fully saturated rings. The van der Waals surface area contributed by atoms with E-state index in [4.69, 9.17) is 10.5 Å². The summed E-state index contributed by atoms with van der Waals surface area (Å²) >= 11 is 1.16. The molecule has 0 saturated heterocycles. The number of nitrogen functional groups attached to an aromatic ring is 1. The van der Waals surface area contributed by atoms with Crippen LogP contribution >= 0.6 is 23.7 Å². The first-order chi connectivity index (χ1) is 10.5. The minimum atomic E-state index is -3.60. The zero-order valence-electron chi connectivity index (χ0n) is 12.6. The van der Waals surface area contributed by atoms with E-state index in [0.717, 1.165) is 41.7 Å². The largest absolute Gasteiger partial charge is 0.494 e. The van der Waals surface area contributed by atoms with Gasteiger partial charge in [0.05, 0.1) is 7.11 Å². The lowest BCUT2D eigenvalue weighted by atomic mass is 9.88. The van der Waals surface area contributed by atoms with E-state index in [0.29, 0.717) is 11.4 Å². The van der Waals surface area contributed by atoms with Gasteiger partial charge in [-0.1, -0.05) is 6.07 Å². The molecule has 3 rings (SSSR count). The molecule has 0 saturated carbocycles. The summed E-state index contributed by atoms with van der Waals surface area (Å²) in [6.45, 7) is 0. The number of aryl methyl sites for hydroxylation is 1. The van der Waals surface area contributed by atoms with Crippen LogP contribution in [-0.4, -0.2) is 15.5 Å². The van der Waals surface area contributed by atoms with Crippen molar-refractivity contribution < 1.29 is 13.2 Å². The Morgan fingerprint density at radius 3 is 2.87 bits per heavy atom. The van der Waals surface area contributed by atoms with Gasteiger partial charge in [-0.25, -0.2) is 13.1 Å². The average Bonchev–Trinajstić information content (AvgIpc) is 2.96. The van der Waals surface area contributed by atoms with E-state index in [1.54, 1.807) is 11.4 Å². The predicted octanol–water partition coefficient (Wildman–Crippen LogP) is 3.12. The van der Waals surface area contributed by atoms with Gasteiger partial charge in [0.25, 0.3) is 10.0 Å². The van der Waals surface area contributed by atoms with Crippen molar-refractivity contribution in [1.82, 2.24) is 4.72 Å². The summed E-state index contributed by atoms with van der Waals surface area (Å²) in [6.07, 6.45) is 2.65. The summed E-state index contributed by atoms with van der Waals surface area (Å²) in [4.78, 5) is 0. The molecule has 1 heterocycles. The third kappa shape index (κ3) is 3.63. The Morgan fingerprint density at radius 2 is 2.13 bits per heavy atom. The molecule has 1 aliphatic carbocycles. The van der Waals surface area contributed by atoms with E-state index in [1.165, 1.54) is 7.11 Å². The number of thiophene rings is 1. The van der Waals surface area contributed by atoms with Gasteiger partial charge in [0, 0.05) is 11.7 Å². The number of methoxy groups -OCH3 is 1. The fraction of sp³-hybridized carbons (Fsp3) is 0.333. The SMILES string of the molecule is COc1ccsc1S(=O)(=O)NC1CCCc2cc(N)ccc21.Cl. The quantitative estimate of drug-likeness (QED) is 0.805. The van der Waals surface area contributed by atoms with Crippen LogP contribution in [0, 0.1) is 0 Å². The Labute approximate surface area is 146 Å². The summed E-state index contributed by atoms with van der Waals surface area (Å²) in [7, 11) is -2.13. The molecule has 1 aromatic carbocycles. The van der Waals surface area contributed by atoms with E-state index in [2.05, 4.69) is 4.72 Å². The van der Waals surface area contributed by atoms with E-state index in [9.17, 15) is 8.42 Å². The number of sulfonamides is 1. The monoisotopic (exact) mass is 374 g/mol. The third-order valence-corrected chi connectivity index (χ3v) is 6.76. The second-order valence-corrected chi connectivity index (χ2v) is 8.13. The molecule has 0 bridgehead atoms. The van der Waals surface area contributed by atoms with Gasteiger partial charge in [0.2, 0.25) is 0 Å². The first-order valence-corrected chi connectivity index (χ1v) is 9.39. The molecule has 0 amide bonds. The highest BCUT2D eigenvalue weighted by Gasteiger charge is 2.28. The van der Waals surface area contributed by atoms with Crippen molar-refractivity contribution >= 4 is 39.5 Å². The van der Waals surface area contributed by atoms with Gasteiger partial charge in [0.1, 0.15) is 5.75 Å². The lowest BCUT2D eigenvalue weighted by Crippen LogP contribution is -2.30. The predicted molar refractivity (Wildman–Crippen MR) is 95.0 cm³/mol. The topological polar surface area (TPSA) is 81.4 Å². The van der Waals surface area contributed by atoms with Crippen LogP contribution in [0.4, 0.5) is 5.69 Å². The molecule has 23 heavy (non-hydrogen) atoms. The minimum absolute atomic E-state index is 0. The van der Waals surface area contributed by atoms with Crippen LogP contribution < -0.4 is 15.2 Å². The number of fused-ring (bicyclic) bond motifs is 1. The lowest BCUT2D eigenvalue weighted by Gasteiger charge is -2.26. The lowest BCUT2D eigenvalue weighted by molar-refractivity contribution is 0.405. The Hall–Kier alpha value is -1.28. The first kappa shape index (κ1) is 18.1. The van der Waals surface area contributed by atoms with Crippen LogP contribution in [0.5, 0.6) is 5.75 Å². The molecule has 0 radical (unpaired) electrons. The fourth-order valence-electron chi connectivity index (χ4n) is 2.83. The highest BCUT2D eigenvalue weighted by molar-refractivity contribution is 7.91. The Kier molecular flexibility index (Phi) is 5.57. The van der Waals surface area contributed by atoms with Gasteiger partial charge in [0.15, 0.2) is 4.21 Å². The summed E-state index contributed by atoms with van der Waals surface area (Å²) in [5.74, 6) is 0.380. The Balaban J connectivity index is 0.00000192. The van der Waals surface area contributed by atoms with Gasteiger partial charge in [-0.2, -0.15) is 0 Å². The van der Waals surface area contributed by atoms with Crippen LogP contribution in [0.15, 0.2) is 33.9 Å². The van der Waals surface area contributed by atoms with Gasteiger partial charge in [-0.15, -0.1) is 23.7 Å². The van der Waals surface area contributed by atoms with Crippen LogP contribution in [0.3, 0.4) is 0 Å². The first-order valence-electron chi connectivity index (χ1n) is 7.03. The summed E-state index contributed by atoms with van der Waals surface area (Å²) in [5.41, 5.74) is 8.66. The number of nitrogens with one attached hydrogen (secondary N) is 1. The molecule has 1 unspecified atom stereocenters. The van der Waals surface area contributed by atoms with Gasteiger partial charge < -0.3 is 10.5 Å². The molecule has 1 aromatic heterocycles. The number of ether oxygens (including phenoxy) is 1. The van der Waals surface area contributed by atoms with Crippen molar-refractivity contribution in [1.29, 1.82) is 0 Å². The second kappa shape index (κ2) is 7.09. The molecule has 1 aliphatic rings. The van der Waals surface area contributed by atoms with Crippen LogP contribution in [-0.2, 0) is 16.4 Å². The highest BCUT2D eigenvalue weighted by atomic mass is 35.5. The van der Waals surface area contributed by atoms with E-state index >= 15 is 0 Å². The summed E-state index contributed by atoms with van der Waals surface area (Å²) in [6, 6.07) is 7.11. The van der Waals surface area contributed by atoms with Crippen LogP contribution in [0.2, 0.25) is 0 Å². The smallest absolute Gasteiger partial charge is 0.254 e. The number of hydrogen-bond donors (Lipinski definition) is 2. The van der Waals surface area contributed by atoms with Crippen molar-refractivity contribution in [3.63, 3.8) is 0 Å². The van der Waals surface area contributed by atoms with E-state index in [1.807, 2.05) is 18.2 Å². The molecule has 2 aromatic rings. The molecule has 0 spiro atoms. The number of hydrogen-bond acceptors (Lipinski definition) is 5. The van der Waals surface area contributed by atoms with E-state index in [-0.39, 0.29) is 22.7 Å². The maximum atomic E-state index is 12.6. The normalized spacial score (nSPS) is 17.2. The zero-order valence-corrected chi connectivity index (χ0v) is 15.1. The number of halogens is 1. The van der Waals surface area contributed by atoms with Gasteiger partial charge in [-0.3, -0.25) is 0 Å². The zero-order chi connectivity index (χ0) is 15.7. The second-order valence-electron chi connectivity index (χ2n) is 5.30. The number of nitrogens with two attached hydrogens (primary N) is 1. The Morgan fingerprint density at radius 1 is 1.35 bits per heavy atom. The van der Waals surface area contributed by atoms with E-state index < -0.39 is 10.0 Å². The van der Waals surface area contributed by atoms with Crippen LogP contribution in [0.25, 0.3) is 0 Å². The molecule has 5 nitrogen and oxygen atoms in total. The summed E-state index contributed by atoms with van der Waals surface area (Å²) in [5, 5.41) is 1.71. The average molecular weight is 375 g/mol. The number of rotatable bonds is 4. The third-order valence-electron chi connectivity index (χ3n) is 3.84. The van der Waals surface area contributed by atoms with Crippen molar-refractivity contribution in [3.8, 4) is 5.75 Å². The van der Waals surface area contributed by atoms with Crippen LogP contribution in [0.1, 0.15) is 30.0 Å². The fourth-order valence-corrected chi connectivity index (χ4v) is 5.37. The molecule has 1 atom stereocenters. The number of benzene rings is 1. The molecule has 3 N–H and O–H groups in total. The van der Waals surface area contributed by atoms with Crippen molar-refractivity contribution in [2.24, 2.45) is 0 Å². The van der Waals surface area contributed by atoms with Gasteiger partial charge >= 0.3 is 0 Å². The highest BCUT2D eigenvalue weighted by Crippen LogP contribution is 2.35. The maximum absolute atomic E-state index is 12.6. The maximum Gasteiger partial charge on any atom is 0.254 e. The van der Waals surface area contributed by atoms with Crippen molar-refractivity contribution in [2.45, 2.75) is 29.5 Å². The minimum Gasteiger partial charge on any atom is -0.494 e. The molecule has 8 heteroatoms. The van der Waals surface area contributed by atoms with Gasteiger partial charge in [-0.05, 0) is 54.0 Å². The molecule has 126 valence electrons. The number of anilines is 1. The Bertz CT molecular complexity index is 790. The summed E-state index contributed by atoms with van der Waals surface area (Å²) < 4.78 is 33.4. The van der Waals surface area contributed by atoms with Crippen molar-refractivity contribution in [3.05, 3.63) is 40.8 Å². The molecular formula is C15H19ClN2O3S2. The standard InChI is InChI=1S/C15H18N2O3S2.ClH/c1-20-14-7-8-21-15(14)22(18,19)17-13-4-2-3-10-9-11(16)5-6-12(10)13;/h5-9,13,17H,2-4,16H2,1H3;1H. The van der Waals surface area contributed by atoms with Crippen molar-refractivity contribution in [2.75, 3.05) is 12.8 Å².